The summed E-state index contributed by atoms with van der Waals surface area (Å²) in [5.74, 6) is -0.127. The highest BCUT2D eigenvalue weighted by Crippen LogP contribution is 2.26. The molecule has 1 fully saturated rings. The van der Waals surface area contributed by atoms with Gasteiger partial charge >= 0.3 is 6.09 Å². The molecule has 1 unspecified atom stereocenters. The molecule has 1 atom stereocenters. The third kappa shape index (κ3) is 15.9. The molecular weight excluding hydrogens is 594 g/mol. The molecule has 0 radical (unpaired) electrons. The normalized spacial score (nSPS) is 12.6. The number of ether oxygens (including phenoxy) is 1. The van der Waals surface area contributed by atoms with Crippen molar-refractivity contribution in [2.45, 2.75) is 96.2 Å². The lowest BCUT2D eigenvalue weighted by molar-refractivity contribution is -0.129. The van der Waals surface area contributed by atoms with Gasteiger partial charge in [-0.25, -0.2) is 4.79 Å². The largest absolute Gasteiger partial charge is 0.483 e. The van der Waals surface area contributed by atoms with Gasteiger partial charge in [0, 0.05) is 25.9 Å². The molecule has 47 heavy (non-hydrogen) atoms. The van der Waals surface area contributed by atoms with Gasteiger partial charge in [0.2, 0.25) is 11.8 Å². The molecule has 3 aromatic carbocycles. The molecule has 3 aromatic rings. The van der Waals surface area contributed by atoms with Crippen LogP contribution in [0.25, 0.3) is 21.9 Å². The lowest BCUT2D eigenvalue weighted by Gasteiger charge is -2.19. The summed E-state index contributed by atoms with van der Waals surface area (Å²) in [4.78, 5) is 44.4. The number of benzene rings is 3. The van der Waals surface area contributed by atoms with Gasteiger partial charge in [-0.3, -0.25) is 14.4 Å². The van der Waals surface area contributed by atoms with Crippen LogP contribution in [-0.4, -0.2) is 54.2 Å². The smallest absolute Gasteiger partial charge is 0.407 e. The molecule has 9 heteroatoms. The van der Waals surface area contributed by atoms with E-state index in [1.807, 2.05) is 45.0 Å². The second-order valence-corrected chi connectivity index (χ2v) is 12.5. The first-order valence-corrected chi connectivity index (χ1v) is 16.3. The minimum Gasteiger partial charge on any atom is -0.483 e. The second kappa shape index (κ2) is 20.5. The number of carbonyl (C=O) groups is 4. The van der Waals surface area contributed by atoms with Crippen molar-refractivity contribution in [2.24, 2.45) is 0 Å². The Hall–Kier alpha value is -4.66. The second-order valence-electron chi connectivity index (χ2n) is 12.5. The van der Waals surface area contributed by atoms with Gasteiger partial charge in [-0.1, -0.05) is 79.6 Å². The van der Waals surface area contributed by atoms with Crippen LogP contribution in [-0.2, 0) is 25.5 Å². The number of fused-ring (bicyclic) bond motifs is 1. The fraction of sp³-hybridized carbons (Fsp3) is 0.421. The number of hydrogen-bond acceptors (Lipinski definition) is 5. The first-order valence-electron chi connectivity index (χ1n) is 16.3. The standard InChI is InChI=1S/C31H36N2O2.C6H13NO2.CH2O2/c1-2-3-4-5-6-7-15-30(34)33-29(31(35)32-28-18-19-28)21-23-11-10-14-25(20-23)27-17-16-24-12-8-9-13-26(24)22-27;1-6(2,3)9-5(8)7-4;2-1-3/h2,8-14,16-17,20,22,28-29H,1,3-7,15,18-19,21H2,(H,32,35)(H,33,34);1-4H3,(H,7,8);1H,(H,2,3). The van der Waals surface area contributed by atoms with Crippen LogP contribution >= 0.6 is 0 Å². The van der Waals surface area contributed by atoms with E-state index in [0.717, 1.165) is 61.6 Å². The van der Waals surface area contributed by atoms with Gasteiger partial charge in [0.15, 0.2) is 0 Å². The van der Waals surface area contributed by atoms with Crippen molar-refractivity contribution in [3.05, 3.63) is 84.9 Å². The Bertz CT molecular complexity index is 1440. The van der Waals surface area contributed by atoms with Crippen LogP contribution in [0.5, 0.6) is 0 Å². The number of allylic oxidation sites excluding steroid dienone is 1. The Morgan fingerprint density at radius 3 is 2.21 bits per heavy atom. The monoisotopic (exact) mass is 645 g/mol. The molecule has 1 aliphatic carbocycles. The van der Waals surface area contributed by atoms with Crippen LogP contribution in [0.1, 0.15) is 77.7 Å². The van der Waals surface area contributed by atoms with Crippen molar-refractivity contribution in [3.8, 4) is 11.1 Å². The highest BCUT2D eigenvalue weighted by atomic mass is 16.6. The predicted octanol–water partition coefficient (Wildman–Crippen LogP) is 7.18. The summed E-state index contributed by atoms with van der Waals surface area (Å²) in [6, 6.07) is 22.8. The van der Waals surface area contributed by atoms with E-state index in [4.69, 9.17) is 14.6 Å². The first-order chi connectivity index (χ1) is 22.5. The molecule has 9 nitrogen and oxygen atoms in total. The quantitative estimate of drug-likeness (QED) is 0.0884. The molecule has 1 saturated carbocycles. The molecule has 0 bridgehead atoms. The average molecular weight is 646 g/mol. The molecule has 0 aliphatic heterocycles. The molecule has 0 spiro atoms. The Morgan fingerprint density at radius 1 is 0.936 bits per heavy atom. The van der Waals surface area contributed by atoms with E-state index in [2.05, 4.69) is 71.1 Å². The summed E-state index contributed by atoms with van der Waals surface area (Å²) < 4.78 is 4.84. The third-order valence-corrected chi connectivity index (χ3v) is 7.19. The van der Waals surface area contributed by atoms with E-state index in [1.54, 1.807) is 0 Å². The van der Waals surface area contributed by atoms with Crippen molar-refractivity contribution in [1.82, 2.24) is 16.0 Å². The van der Waals surface area contributed by atoms with Crippen LogP contribution in [0.15, 0.2) is 79.4 Å². The van der Waals surface area contributed by atoms with E-state index < -0.39 is 6.04 Å². The minimum absolute atomic E-state index is 0.0460. The molecule has 3 amide bonds. The van der Waals surface area contributed by atoms with Crippen molar-refractivity contribution < 1.29 is 29.0 Å². The fourth-order valence-electron chi connectivity index (χ4n) is 4.74. The average Bonchev–Trinajstić information content (AvgIpc) is 3.86. The van der Waals surface area contributed by atoms with E-state index in [9.17, 15) is 14.4 Å². The van der Waals surface area contributed by atoms with E-state index >= 15 is 0 Å². The van der Waals surface area contributed by atoms with Crippen LogP contribution in [0, 0.1) is 0 Å². The van der Waals surface area contributed by atoms with Crippen LogP contribution < -0.4 is 16.0 Å². The lowest BCUT2D eigenvalue weighted by Crippen LogP contribution is -2.48. The number of nitrogens with one attached hydrogen (secondary N) is 3. The van der Waals surface area contributed by atoms with Gasteiger partial charge < -0.3 is 25.8 Å². The Labute approximate surface area is 279 Å². The van der Waals surface area contributed by atoms with Gasteiger partial charge in [0.25, 0.3) is 6.47 Å². The number of alkyl carbamates (subject to hydrolysis) is 1. The zero-order chi connectivity index (χ0) is 34.7. The summed E-state index contributed by atoms with van der Waals surface area (Å²) in [6.07, 6.45) is 9.64. The molecule has 4 N–H and O–H groups in total. The van der Waals surface area contributed by atoms with Crippen LogP contribution in [0.3, 0.4) is 0 Å². The summed E-state index contributed by atoms with van der Waals surface area (Å²) in [5.41, 5.74) is 2.90. The Kier molecular flexibility index (Phi) is 16.8. The number of rotatable bonds is 13. The Balaban J connectivity index is 0.000000548. The van der Waals surface area contributed by atoms with Crippen molar-refractivity contribution in [1.29, 1.82) is 0 Å². The molecule has 0 saturated heterocycles. The molecule has 4 rings (SSSR count). The number of amides is 3. The molecule has 0 aromatic heterocycles. The maximum atomic E-state index is 12.9. The summed E-state index contributed by atoms with van der Waals surface area (Å²) in [5, 5.41) is 17.8. The molecule has 1 aliphatic rings. The zero-order valence-electron chi connectivity index (χ0n) is 28.2. The van der Waals surface area contributed by atoms with E-state index in [1.165, 1.54) is 17.8 Å². The van der Waals surface area contributed by atoms with Crippen LogP contribution in [0.2, 0.25) is 0 Å². The fourth-order valence-corrected chi connectivity index (χ4v) is 4.74. The molecular formula is C38H51N3O6. The van der Waals surface area contributed by atoms with E-state index in [0.29, 0.717) is 12.8 Å². The van der Waals surface area contributed by atoms with Gasteiger partial charge in [0.05, 0.1) is 0 Å². The first kappa shape index (κ1) is 38.5. The summed E-state index contributed by atoms with van der Waals surface area (Å²) in [6.45, 7) is 8.96. The highest BCUT2D eigenvalue weighted by Gasteiger charge is 2.28. The third-order valence-electron chi connectivity index (χ3n) is 7.19. The van der Waals surface area contributed by atoms with E-state index in [-0.39, 0.29) is 36.0 Å². The zero-order valence-corrected chi connectivity index (χ0v) is 28.2. The van der Waals surface area contributed by atoms with Crippen molar-refractivity contribution in [2.75, 3.05) is 7.05 Å². The van der Waals surface area contributed by atoms with Gasteiger partial charge in [-0.15, -0.1) is 6.58 Å². The van der Waals surface area contributed by atoms with Crippen LogP contribution in [0.4, 0.5) is 4.79 Å². The maximum Gasteiger partial charge on any atom is 0.407 e. The van der Waals surface area contributed by atoms with Gasteiger partial charge in [-0.2, -0.15) is 0 Å². The Morgan fingerprint density at radius 2 is 1.60 bits per heavy atom. The van der Waals surface area contributed by atoms with Gasteiger partial charge in [0.1, 0.15) is 11.6 Å². The lowest BCUT2D eigenvalue weighted by atomic mass is 9.97. The maximum absolute atomic E-state index is 12.9. The highest BCUT2D eigenvalue weighted by molar-refractivity contribution is 5.89. The van der Waals surface area contributed by atoms with Crippen molar-refractivity contribution >= 4 is 35.2 Å². The number of unbranched alkanes of at least 4 members (excludes halogenated alkanes) is 4. The predicted molar refractivity (Wildman–Crippen MR) is 188 cm³/mol. The summed E-state index contributed by atoms with van der Waals surface area (Å²) in [7, 11) is 1.54. The topological polar surface area (TPSA) is 134 Å². The number of hydrogen-bond donors (Lipinski definition) is 4. The minimum atomic E-state index is -0.560. The van der Waals surface area contributed by atoms with Crippen molar-refractivity contribution in [3.63, 3.8) is 0 Å². The number of carboxylic acid groups (broad SMARTS) is 1. The number of carbonyl (C=O) groups excluding carboxylic acids is 3. The molecule has 254 valence electrons. The molecule has 0 heterocycles. The van der Waals surface area contributed by atoms with Gasteiger partial charge in [-0.05, 0) is 86.4 Å². The summed E-state index contributed by atoms with van der Waals surface area (Å²) >= 11 is 0. The SMILES string of the molecule is C=CCCCCCCC(=O)NC(Cc1cccc(-c2ccc3ccccc3c2)c1)C(=O)NC1CC1.CNC(=O)OC(C)(C)C.O=CO.